The van der Waals surface area contributed by atoms with Crippen LogP contribution in [-0.2, 0) is 6.61 Å². The first-order chi connectivity index (χ1) is 8.19. The fourth-order valence-electron chi connectivity index (χ4n) is 1.39. The first kappa shape index (κ1) is 11.8. The summed E-state index contributed by atoms with van der Waals surface area (Å²) in [7, 11) is 0. The van der Waals surface area contributed by atoms with Crippen molar-refractivity contribution in [3.8, 4) is 11.5 Å². The second-order valence-corrected chi connectivity index (χ2v) is 4.00. The van der Waals surface area contributed by atoms with E-state index >= 15 is 0 Å². The van der Waals surface area contributed by atoms with Crippen LogP contribution in [0.3, 0.4) is 0 Å². The lowest BCUT2D eigenvalue weighted by Gasteiger charge is -2.08. The summed E-state index contributed by atoms with van der Waals surface area (Å²) in [5, 5.41) is 9.39. The van der Waals surface area contributed by atoms with Gasteiger partial charge in [-0.3, -0.25) is 0 Å². The topological polar surface area (TPSA) is 55.5 Å². The Bertz CT molecular complexity index is 511. The van der Waals surface area contributed by atoms with E-state index in [0.29, 0.717) is 22.2 Å². The third-order valence-electron chi connectivity index (χ3n) is 2.29. The van der Waals surface area contributed by atoms with Gasteiger partial charge >= 0.3 is 0 Å². The van der Waals surface area contributed by atoms with E-state index in [2.05, 4.69) is 0 Å². The molecule has 0 fully saturated rings. The lowest BCUT2D eigenvalue weighted by molar-refractivity contribution is 0.281. The van der Waals surface area contributed by atoms with Crippen LogP contribution in [0.5, 0.6) is 11.5 Å². The van der Waals surface area contributed by atoms with Gasteiger partial charge in [0.2, 0.25) is 0 Å². The predicted molar refractivity (Wildman–Crippen MR) is 68.3 cm³/mol. The molecule has 0 aliphatic rings. The summed E-state index contributed by atoms with van der Waals surface area (Å²) in [5.74, 6) is 1.21. The van der Waals surface area contributed by atoms with E-state index in [9.17, 15) is 0 Å². The molecule has 0 unspecified atom stereocenters. The molecule has 4 heteroatoms. The molecule has 0 aliphatic carbocycles. The molecule has 0 amide bonds. The Hall–Kier alpha value is -1.71. The Balaban J connectivity index is 2.19. The molecular formula is C13H12ClNO2. The fourth-order valence-corrected chi connectivity index (χ4v) is 1.62. The van der Waals surface area contributed by atoms with Crippen LogP contribution in [0.15, 0.2) is 42.5 Å². The summed E-state index contributed by atoms with van der Waals surface area (Å²) < 4.78 is 5.59. The number of anilines is 1. The normalized spacial score (nSPS) is 10.2. The molecule has 0 saturated carbocycles. The van der Waals surface area contributed by atoms with E-state index < -0.39 is 0 Å². The molecule has 0 bridgehead atoms. The highest BCUT2D eigenvalue weighted by Crippen LogP contribution is 2.30. The number of hydrogen-bond donors (Lipinski definition) is 2. The molecule has 2 aromatic carbocycles. The zero-order valence-corrected chi connectivity index (χ0v) is 9.82. The quantitative estimate of drug-likeness (QED) is 0.822. The molecule has 0 atom stereocenters. The van der Waals surface area contributed by atoms with Gasteiger partial charge in [-0.15, -0.1) is 0 Å². The lowest BCUT2D eigenvalue weighted by atomic mass is 10.2. The van der Waals surface area contributed by atoms with Crippen LogP contribution in [0.2, 0.25) is 5.02 Å². The maximum atomic E-state index is 8.92. The van der Waals surface area contributed by atoms with Crippen LogP contribution >= 0.6 is 11.6 Å². The van der Waals surface area contributed by atoms with Gasteiger partial charge in [-0.05, 0) is 35.9 Å². The van der Waals surface area contributed by atoms with Crippen LogP contribution in [-0.4, -0.2) is 5.11 Å². The minimum Gasteiger partial charge on any atom is -0.456 e. The maximum Gasteiger partial charge on any atom is 0.146 e. The second-order valence-electron chi connectivity index (χ2n) is 3.59. The predicted octanol–water partition coefficient (Wildman–Crippen LogP) is 3.21. The molecule has 2 rings (SSSR count). The lowest BCUT2D eigenvalue weighted by Crippen LogP contribution is -1.89. The number of ether oxygens (including phenoxy) is 1. The second kappa shape index (κ2) is 5.08. The third kappa shape index (κ3) is 2.90. The Morgan fingerprint density at radius 2 is 1.82 bits per heavy atom. The maximum absolute atomic E-state index is 8.92. The minimum atomic E-state index is 0.0168. The van der Waals surface area contributed by atoms with Gasteiger partial charge in [0.05, 0.1) is 11.6 Å². The Morgan fingerprint density at radius 3 is 2.41 bits per heavy atom. The van der Waals surface area contributed by atoms with E-state index in [0.717, 1.165) is 5.56 Å². The van der Waals surface area contributed by atoms with Gasteiger partial charge in [0.1, 0.15) is 11.5 Å². The van der Waals surface area contributed by atoms with E-state index in [-0.39, 0.29) is 6.61 Å². The largest absolute Gasteiger partial charge is 0.456 e. The standard InChI is InChI=1S/C13H12ClNO2/c14-12-7-10(15)3-6-13(12)17-11-4-1-9(8-16)2-5-11/h1-7,16H,8,15H2. The molecule has 3 N–H and O–H groups in total. The number of aliphatic hydroxyl groups excluding tert-OH is 1. The van der Waals surface area contributed by atoms with Gasteiger partial charge in [0.15, 0.2) is 0 Å². The van der Waals surface area contributed by atoms with E-state index in [1.165, 1.54) is 0 Å². The van der Waals surface area contributed by atoms with Crippen molar-refractivity contribution >= 4 is 17.3 Å². The average molecular weight is 250 g/mol. The zero-order chi connectivity index (χ0) is 12.3. The van der Waals surface area contributed by atoms with Crippen molar-refractivity contribution < 1.29 is 9.84 Å². The summed E-state index contributed by atoms with van der Waals surface area (Å²) in [6.07, 6.45) is 0. The van der Waals surface area contributed by atoms with Gasteiger partial charge in [-0.2, -0.15) is 0 Å². The molecule has 0 radical (unpaired) electrons. The Labute approximate surface area is 104 Å². The van der Waals surface area contributed by atoms with Crippen molar-refractivity contribution in [2.24, 2.45) is 0 Å². The number of hydrogen-bond acceptors (Lipinski definition) is 3. The average Bonchev–Trinajstić information content (AvgIpc) is 2.34. The summed E-state index contributed by atoms with van der Waals surface area (Å²) in [5.41, 5.74) is 7.02. The summed E-state index contributed by atoms with van der Waals surface area (Å²) in [6.45, 7) is 0.0168. The highest BCUT2D eigenvalue weighted by molar-refractivity contribution is 6.32. The molecule has 3 nitrogen and oxygen atoms in total. The monoisotopic (exact) mass is 249 g/mol. The molecule has 0 saturated heterocycles. The van der Waals surface area contributed by atoms with Crippen LogP contribution in [0, 0.1) is 0 Å². The SMILES string of the molecule is Nc1ccc(Oc2ccc(CO)cc2)c(Cl)c1. The minimum absolute atomic E-state index is 0.0168. The molecular weight excluding hydrogens is 238 g/mol. The molecule has 2 aromatic rings. The molecule has 0 heterocycles. The first-order valence-electron chi connectivity index (χ1n) is 5.12. The molecule has 0 aliphatic heterocycles. The van der Waals surface area contributed by atoms with Crippen LogP contribution in [0.1, 0.15) is 5.56 Å². The number of rotatable bonds is 3. The molecule has 88 valence electrons. The fraction of sp³-hybridized carbons (Fsp3) is 0.0769. The van der Waals surface area contributed by atoms with Crippen LogP contribution in [0.4, 0.5) is 5.69 Å². The van der Waals surface area contributed by atoms with E-state index in [1.807, 2.05) is 0 Å². The van der Waals surface area contributed by atoms with Gasteiger partial charge in [0, 0.05) is 5.69 Å². The number of nitrogen functional groups attached to an aromatic ring is 1. The highest BCUT2D eigenvalue weighted by Gasteiger charge is 2.03. The van der Waals surface area contributed by atoms with E-state index in [1.54, 1.807) is 42.5 Å². The van der Waals surface area contributed by atoms with Crippen molar-refractivity contribution in [1.82, 2.24) is 0 Å². The van der Waals surface area contributed by atoms with E-state index in [4.69, 9.17) is 27.2 Å². The molecule has 17 heavy (non-hydrogen) atoms. The first-order valence-corrected chi connectivity index (χ1v) is 5.49. The number of halogens is 1. The van der Waals surface area contributed by atoms with Gasteiger partial charge in [-0.1, -0.05) is 23.7 Å². The summed E-state index contributed by atoms with van der Waals surface area (Å²) in [6, 6.07) is 12.2. The Kier molecular flexibility index (Phi) is 3.52. The number of nitrogens with two attached hydrogens (primary N) is 1. The van der Waals surface area contributed by atoms with Crippen LogP contribution in [0.25, 0.3) is 0 Å². The molecule has 0 spiro atoms. The van der Waals surface area contributed by atoms with Crippen molar-refractivity contribution in [3.63, 3.8) is 0 Å². The summed E-state index contributed by atoms with van der Waals surface area (Å²) >= 11 is 5.99. The van der Waals surface area contributed by atoms with Crippen molar-refractivity contribution in [3.05, 3.63) is 53.1 Å². The van der Waals surface area contributed by atoms with Crippen LogP contribution < -0.4 is 10.5 Å². The number of aliphatic hydroxyl groups is 1. The van der Waals surface area contributed by atoms with Gasteiger partial charge in [-0.25, -0.2) is 0 Å². The Morgan fingerprint density at radius 1 is 1.12 bits per heavy atom. The summed E-state index contributed by atoms with van der Waals surface area (Å²) in [4.78, 5) is 0. The third-order valence-corrected chi connectivity index (χ3v) is 2.59. The van der Waals surface area contributed by atoms with Crippen molar-refractivity contribution in [2.75, 3.05) is 5.73 Å². The zero-order valence-electron chi connectivity index (χ0n) is 9.06. The van der Waals surface area contributed by atoms with Gasteiger partial charge in [0.25, 0.3) is 0 Å². The smallest absolute Gasteiger partial charge is 0.146 e. The van der Waals surface area contributed by atoms with Gasteiger partial charge < -0.3 is 15.6 Å². The highest BCUT2D eigenvalue weighted by atomic mass is 35.5. The molecule has 0 aromatic heterocycles. The van der Waals surface area contributed by atoms with Crippen molar-refractivity contribution in [2.45, 2.75) is 6.61 Å². The van der Waals surface area contributed by atoms with Crippen molar-refractivity contribution in [1.29, 1.82) is 0 Å². The number of benzene rings is 2.